The predicted molar refractivity (Wildman–Crippen MR) is 162 cm³/mol. The SMILES string of the molecule is C#CC(c1cn[nH]c1)c1nc(OCCOCCOCCOS(=O)(=O)c2ccc(C)cc2)ccc1N(CC)C1CCCCO1. The Morgan fingerprint density at radius 2 is 1.81 bits per heavy atom. The molecule has 1 saturated heterocycles. The molecular weight excluding hydrogens is 572 g/mol. The van der Waals surface area contributed by atoms with Crippen LogP contribution in [0.3, 0.4) is 0 Å². The number of ether oxygens (including phenoxy) is 4. The summed E-state index contributed by atoms with van der Waals surface area (Å²) in [4.78, 5) is 7.16. The van der Waals surface area contributed by atoms with Gasteiger partial charge in [0, 0.05) is 31.0 Å². The average Bonchev–Trinajstić information content (AvgIpc) is 3.55. The topological polar surface area (TPSA) is 125 Å². The zero-order chi connectivity index (χ0) is 30.5. The number of benzene rings is 1. The first-order valence-electron chi connectivity index (χ1n) is 14.5. The van der Waals surface area contributed by atoms with Crippen LogP contribution in [-0.4, -0.2) is 82.6 Å². The van der Waals surface area contributed by atoms with E-state index in [2.05, 4.69) is 27.9 Å². The molecule has 4 rings (SSSR count). The van der Waals surface area contributed by atoms with Gasteiger partial charge in [0.1, 0.15) is 12.8 Å². The second-order valence-corrected chi connectivity index (χ2v) is 11.6. The Morgan fingerprint density at radius 1 is 1.07 bits per heavy atom. The van der Waals surface area contributed by atoms with Gasteiger partial charge in [-0.15, -0.1) is 6.42 Å². The van der Waals surface area contributed by atoms with Gasteiger partial charge in [-0.3, -0.25) is 9.28 Å². The summed E-state index contributed by atoms with van der Waals surface area (Å²) in [7, 11) is -3.80. The van der Waals surface area contributed by atoms with Crippen LogP contribution in [0.15, 0.2) is 53.7 Å². The number of nitrogens with one attached hydrogen (secondary N) is 1. The summed E-state index contributed by atoms with van der Waals surface area (Å²) in [5.74, 6) is 2.89. The summed E-state index contributed by atoms with van der Waals surface area (Å²) in [6.45, 7) is 6.70. The van der Waals surface area contributed by atoms with Gasteiger partial charge < -0.3 is 23.8 Å². The second kappa shape index (κ2) is 16.4. The van der Waals surface area contributed by atoms with Gasteiger partial charge in [-0.05, 0) is 51.3 Å². The molecule has 1 aliphatic heterocycles. The number of aromatic amines is 1. The van der Waals surface area contributed by atoms with Crippen LogP contribution in [0.2, 0.25) is 0 Å². The van der Waals surface area contributed by atoms with Gasteiger partial charge in [0.25, 0.3) is 10.1 Å². The number of aromatic nitrogens is 3. The number of hydrogen-bond acceptors (Lipinski definition) is 10. The fourth-order valence-electron chi connectivity index (χ4n) is 4.74. The van der Waals surface area contributed by atoms with Crippen molar-refractivity contribution >= 4 is 15.8 Å². The summed E-state index contributed by atoms with van der Waals surface area (Å²) in [5, 5.41) is 6.91. The first-order chi connectivity index (χ1) is 20.9. The van der Waals surface area contributed by atoms with E-state index in [0.717, 1.165) is 49.2 Å². The summed E-state index contributed by atoms with van der Waals surface area (Å²) in [6, 6.07) is 10.3. The first-order valence-corrected chi connectivity index (χ1v) is 15.9. The molecule has 12 heteroatoms. The number of rotatable bonds is 17. The maximum absolute atomic E-state index is 12.2. The molecule has 1 fully saturated rings. The lowest BCUT2D eigenvalue weighted by molar-refractivity contribution is 0.0147. The summed E-state index contributed by atoms with van der Waals surface area (Å²) in [6.07, 6.45) is 12.6. The molecular formula is C31H40N4O7S. The molecule has 3 aromatic rings. The standard InChI is InChI=1S/C31H40N4O7S/c1-4-27(25-22-32-33-23-25)31-28(35(5-2)30-8-6-7-15-41-30)13-14-29(34-31)40-20-18-38-16-17-39-19-21-42-43(36,37)26-11-9-24(3)10-12-26/h1,9-14,22-23,27,30H,5-8,15-21H2,2-3H3,(H,32,33). The minimum absolute atomic E-state index is 0.0337. The normalized spacial score (nSPS) is 16.0. The highest BCUT2D eigenvalue weighted by Gasteiger charge is 2.27. The van der Waals surface area contributed by atoms with Crippen molar-refractivity contribution in [3.63, 3.8) is 0 Å². The Labute approximate surface area is 254 Å². The van der Waals surface area contributed by atoms with Gasteiger partial charge in [0.2, 0.25) is 5.88 Å². The molecule has 0 saturated carbocycles. The van der Waals surface area contributed by atoms with Crippen molar-refractivity contribution in [3.8, 4) is 18.2 Å². The summed E-state index contributed by atoms with van der Waals surface area (Å²) >= 11 is 0. The number of hydrogen-bond donors (Lipinski definition) is 1. The zero-order valence-corrected chi connectivity index (χ0v) is 25.6. The zero-order valence-electron chi connectivity index (χ0n) is 24.7. The van der Waals surface area contributed by atoms with E-state index >= 15 is 0 Å². The van der Waals surface area contributed by atoms with Gasteiger partial charge in [0.15, 0.2) is 0 Å². The number of anilines is 1. The highest BCUT2D eigenvalue weighted by Crippen LogP contribution is 2.34. The molecule has 2 unspecified atom stereocenters. The summed E-state index contributed by atoms with van der Waals surface area (Å²) < 4.78 is 52.4. The Kier molecular flexibility index (Phi) is 12.4. The van der Waals surface area contributed by atoms with Crippen LogP contribution in [0.5, 0.6) is 5.88 Å². The third-order valence-electron chi connectivity index (χ3n) is 6.95. The largest absolute Gasteiger partial charge is 0.475 e. The molecule has 43 heavy (non-hydrogen) atoms. The molecule has 11 nitrogen and oxygen atoms in total. The van der Waals surface area contributed by atoms with Crippen LogP contribution in [0, 0.1) is 19.3 Å². The molecule has 0 aliphatic carbocycles. The maximum Gasteiger partial charge on any atom is 0.297 e. The molecule has 0 radical (unpaired) electrons. The smallest absolute Gasteiger partial charge is 0.297 e. The molecule has 0 bridgehead atoms. The van der Waals surface area contributed by atoms with E-state index in [0.29, 0.717) is 24.8 Å². The number of aryl methyl sites for hydroxylation is 1. The van der Waals surface area contributed by atoms with Gasteiger partial charge in [-0.2, -0.15) is 13.5 Å². The Bertz CT molecular complexity index is 1400. The van der Waals surface area contributed by atoms with Crippen LogP contribution in [-0.2, 0) is 28.5 Å². The quantitative estimate of drug-likeness (QED) is 0.136. The minimum atomic E-state index is -3.80. The highest BCUT2D eigenvalue weighted by atomic mass is 32.2. The lowest BCUT2D eigenvalue weighted by atomic mass is 9.97. The van der Waals surface area contributed by atoms with E-state index in [1.54, 1.807) is 24.5 Å². The van der Waals surface area contributed by atoms with Crippen molar-refractivity contribution in [3.05, 3.63) is 65.6 Å². The van der Waals surface area contributed by atoms with Crippen molar-refractivity contribution in [1.29, 1.82) is 0 Å². The molecule has 1 aliphatic rings. The van der Waals surface area contributed by atoms with Crippen molar-refractivity contribution < 1.29 is 31.5 Å². The van der Waals surface area contributed by atoms with Crippen LogP contribution in [0.1, 0.15) is 48.9 Å². The number of pyridine rings is 1. The monoisotopic (exact) mass is 612 g/mol. The van der Waals surface area contributed by atoms with Crippen molar-refractivity contribution in [2.75, 3.05) is 57.7 Å². The average molecular weight is 613 g/mol. The van der Waals surface area contributed by atoms with Crippen molar-refractivity contribution in [1.82, 2.24) is 15.2 Å². The molecule has 2 atom stereocenters. The van der Waals surface area contributed by atoms with Gasteiger partial charge in [0.05, 0.1) is 61.4 Å². The lowest BCUT2D eigenvalue weighted by Crippen LogP contribution is -2.40. The van der Waals surface area contributed by atoms with Crippen LogP contribution in [0.25, 0.3) is 0 Å². The number of H-pyrrole nitrogens is 1. The third kappa shape index (κ3) is 9.26. The van der Waals surface area contributed by atoms with E-state index in [1.165, 1.54) is 12.1 Å². The fourth-order valence-corrected chi connectivity index (χ4v) is 5.63. The minimum Gasteiger partial charge on any atom is -0.475 e. The highest BCUT2D eigenvalue weighted by molar-refractivity contribution is 7.86. The number of terminal acetylenes is 1. The van der Waals surface area contributed by atoms with Gasteiger partial charge in [-0.25, -0.2) is 4.98 Å². The molecule has 1 N–H and O–H groups in total. The van der Waals surface area contributed by atoms with E-state index < -0.39 is 16.0 Å². The van der Waals surface area contributed by atoms with Gasteiger partial charge >= 0.3 is 0 Å². The fraction of sp³-hybridized carbons (Fsp3) is 0.484. The Morgan fingerprint density at radius 3 is 2.47 bits per heavy atom. The van der Waals surface area contributed by atoms with E-state index in [-0.39, 0.29) is 37.6 Å². The van der Waals surface area contributed by atoms with E-state index in [9.17, 15) is 8.42 Å². The van der Waals surface area contributed by atoms with Crippen LogP contribution < -0.4 is 9.64 Å². The predicted octanol–water partition coefficient (Wildman–Crippen LogP) is 4.05. The van der Waals surface area contributed by atoms with Crippen LogP contribution in [0.4, 0.5) is 5.69 Å². The molecule has 3 heterocycles. The Balaban J connectivity index is 1.24. The van der Waals surface area contributed by atoms with Gasteiger partial charge in [-0.1, -0.05) is 23.6 Å². The molecule has 0 spiro atoms. The van der Waals surface area contributed by atoms with E-state index in [1.807, 2.05) is 19.1 Å². The van der Waals surface area contributed by atoms with E-state index in [4.69, 9.17) is 34.5 Å². The molecule has 232 valence electrons. The molecule has 1 aromatic carbocycles. The Hall–Kier alpha value is -3.47. The number of nitrogens with zero attached hydrogens (tertiary/aromatic N) is 3. The van der Waals surface area contributed by atoms with Crippen molar-refractivity contribution in [2.24, 2.45) is 0 Å². The first kappa shape index (κ1) is 32.4. The second-order valence-electron chi connectivity index (χ2n) is 9.95. The van der Waals surface area contributed by atoms with Crippen molar-refractivity contribution in [2.45, 2.75) is 50.2 Å². The molecule has 2 aromatic heterocycles. The lowest BCUT2D eigenvalue weighted by Gasteiger charge is -2.36. The third-order valence-corrected chi connectivity index (χ3v) is 8.27. The summed E-state index contributed by atoms with van der Waals surface area (Å²) in [5.41, 5.74) is 3.43. The maximum atomic E-state index is 12.2. The molecule has 0 amide bonds. The van der Waals surface area contributed by atoms with Crippen LogP contribution >= 0.6 is 0 Å².